The fourth-order valence-electron chi connectivity index (χ4n) is 3.10. The first-order valence-electron chi connectivity index (χ1n) is 9.38. The van der Waals surface area contributed by atoms with E-state index in [9.17, 15) is 4.79 Å². The summed E-state index contributed by atoms with van der Waals surface area (Å²) in [7, 11) is 2.01. The van der Waals surface area contributed by atoms with Crippen LogP contribution in [0.25, 0.3) is 0 Å². The predicted octanol–water partition coefficient (Wildman–Crippen LogP) is 1.87. The van der Waals surface area contributed by atoms with Gasteiger partial charge in [0.25, 0.3) is 5.91 Å². The highest BCUT2D eigenvalue weighted by Crippen LogP contribution is 2.34. The topological polar surface area (TPSA) is 61.2 Å². The second-order valence-corrected chi connectivity index (χ2v) is 6.96. The maximum absolute atomic E-state index is 12.4. The Morgan fingerprint density at radius 1 is 1.25 bits per heavy atom. The van der Waals surface area contributed by atoms with Crippen LogP contribution in [0.5, 0.6) is 17.2 Å². The number of quaternary nitrogens is 1. The van der Waals surface area contributed by atoms with Crippen LogP contribution in [0.4, 0.5) is 0 Å². The van der Waals surface area contributed by atoms with Crippen LogP contribution in [0.2, 0.25) is 0 Å². The second-order valence-electron chi connectivity index (χ2n) is 6.96. The summed E-state index contributed by atoms with van der Waals surface area (Å²) in [5, 5.41) is 3.05. The van der Waals surface area contributed by atoms with Crippen LogP contribution in [0.3, 0.4) is 0 Å². The summed E-state index contributed by atoms with van der Waals surface area (Å²) < 4.78 is 16.2. The normalized spacial score (nSPS) is 14.2. The standard InChI is InChI=1S/C22H26N2O4/c1-4-11-26-19-8-5-17(6-9-19)13-24(3)14-22(25)23-16(2)18-7-10-20-21(12-18)28-15-27-20/h4-10,12,16H,1,11,13-15H2,2-3H3,(H,23,25)/p+1/t16-/m1/s1. The average Bonchev–Trinajstić information content (AvgIpc) is 3.15. The van der Waals surface area contributed by atoms with Crippen molar-refractivity contribution in [2.45, 2.75) is 19.5 Å². The van der Waals surface area contributed by atoms with E-state index in [-0.39, 0.29) is 18.7 Å². The third-order valence-corrected chi connectivity index (χ3v) is 4.53. The molecular formula is C22H27N2O4+. The van der Waals surface area contributed by atoms with Gasteiger partial charge in [-0.3, -0.25) is 4.79 Å². The fraction of sp³-hybridized carbons (Fsp3) is 0.318. The van der Waals surface area contributed by atoms with Gasteiger partial charge in [0.2, 0.25) is 6.79 Å². The molecule has 1 unspecified atom stereocenters. The molecule has 0 aromatic heterocycles. The summed E-state index contributed by atoms with van der Waals surface area (Å²) in [5.41, 5.74) is 2.14. The molecule has 0 bridgehead atoms. The van der Waals surface area contributed by atoms with Crippen LogP contribution in [0.1, 0.15) is 24.1 Å². The number of likely N-dealkylation sites (N-methyl/N-ethyl adjacent to an activating group) is 1. The highest BCUT2D eigenvalue weighted by atomic mass is 16.7. The van der Waals surface area contributed by atoms with Crippen molar-refractivity contribution in [3.63, 3.8) is 0 Å². The minimum atomic E-state index is -0.101. The van der Waals surface area contributed by atoms with Gasteiger partial charge in [-0.1, -0.05) is 18.7 Å². The predicted molar refractivity (Wildman–Crippen MR) is 107 cm³/mol. The number of nitrogens with one attached hydrogen (secondary N) is 2. The molecule has 2 aromatic rings. The van der Waals surface area contributed by atoms with Crippen molar-refractivity contribution in [3.8, 4) is 17.2 Å². The van der Waals surface area contributed by atoms with Gasteiger partial charge in [0, 0.05) is 5.56 Å². The van der Waals surface area contributed by atoms with Crippen LogP contribution in [0, 0.1) is 0 Å². The maximum Gasteiger partial charge on any atom is 0.275 e. The number of ether oxygens (including phenoxy) is 3. The molecule has 6 nitrogen and oxygen atoms in total. The van der Waals surface area contributed by atoms with Crippen molar-refractivity contribution < 1.29 is 23.9 Å². The maximum atomic E-state index is 12.4. The van der Waals surface area contributed by atoms with Crippen molar-refractivity contribution in [1.29, 1.82) is 0 Å². The zero-order valence-electron chi connectivity index (χ0n) is 16.4. The minimum Gasteiger partial charge on any atom is -0.490 e. The van der Waals surface area contributed by atoms with Gasteiger partial charge in [0.1, 0.15) is 18.9 Å². The van der Waals surface area contributed by atoms with Gasteiger partial charge in [-0.05, 0) is 48.9 Å². The van der Waals surface area contributed by atoms with Gasteiger partial charge in [0.05, 0.1) is 13.1 Å². The molecule has 28 heavy (non-hydrogen) atoms. The lowest BCUT2D eigenvalue weighted by molar-refractivity contribution is -0.885. The lowest BCUT2D eigenvalue weighted by Crippen LogP contribution is -3.08. The first kappa shape index (κ1) is 19.8. The van der Waals surface area contributed by atoms with Crippen LogP contribution in [-0.4, -0.2) is 32.9 Å². The molecule has 0 saturated carbocycles. The summed E-state index contributed by atoms with van der Waals surface area (Å²) in [4.78, 5) is 13.5. The van der Waals surface area contributed by atoms with Crippen molar-refractivity contribution >= 4 is 5.91 Å². The van der Waals surface area contributed by atoms with E-state index in [4.69, 9.17) is 14.2 Å². The van der Waals surface area contributed by atoms with Gasteiger partial charge in [-0.15, -0.1) is 0 Å². The molecule has 1 heterocycles. The summed E-state index contributed by atoms with van der Waals surface area (Å²) in [6.07, 6.45) is 1.72. The number of carbonyl (C=O) groups is 1. The van der Waals surface area contributed by atoms with Gasteiger partial charge in [-0.25, -0.2) is 0 Å². The highest BCUT2D eigenvalue weighted by molar-refractivity contribution is 5.77. The molecule has 0 aliphatic carbocycles. The molecule has 2 aromatic carbocycles. The fourth-order valence-corrected chi connectivity index (χ4v) is 3.10. The molecule has 0 saturated heterocycles. The molecule has 1 aliphatic rings. The largest absolute Gasteiger partial charge is 0.490 e. The number of carbonyl (C=O) groups excluding carboxylic acids is 1. The smallest absolute Gasteiger partial charge is 0.275 e. The van der Waals surface area contributed by atoms with Crippen molar-refractivity contribution in [2.75, 3.05) is 27.0 Å². The molecule has 1 amide bonds. The van der Waals surface area contributed by atoms with Gasteiger partial charge >= 0.3 is 0 Å². The number of benzene rings is 2. The first-order chi connectivity index (χ1) is 13.5. The van der Waals surface area contributed by atoms with E-state index >= 15 is 0 Å². The molecule has 2 atom stereocenters. The SMILES string of the molecule is C=CCOc1ccc(C[NH+](C)CC(=O)N[C@H](C)c2ccc3c(c2)OCO3)cc1. The Morgan fingerprint density at radius 3 is 2.75 bits per heavy atom. The van der Waals surface area contributed by atoms with E-state index in [2.05, 4.69) is 11.9 Å². The van der Waals surface area contributed by atoms with Crippen molar-refractivity contribution in [1.82, 2.24) is 5.32 Å². The zero-order valence-corrected chi connectivity index (χ0v) is 16.4. The third kappa shape index (κ3) is 5.27. The van der Waals surface area contributed by atoms with E-state index in [1.807, 2.05) is 56.4 Å². The molecule has 0 spiro atoms. The zero-order chi connectivity index (χ0) is 19.9. The Bertz CT molecular complexity index is 820. The molecule has 0 fully saturated rings. The minimum absolute atomic E-state index is 0.00797. The van der Waals surface area contributed by atoms with Gasteiger partial charge in [-0.2, -0.15) is 0 Å². The summed E-state index contributed by atoms with van der Waals surface area (Å²) in [6, 6.07) is 13.6. The Balaban J connectivity index is 1.47. The van der Waals surface area contributed by atoms with Crippen LogP contribution in [-0.2, 0) is 11.3 Å². The molecular weight excluding hydrogens is 356 g/mol. The Morgan fingerprint density at radius 2 is 2.00 bits per heavy atom. The Hall–Kier alpha value is -2.99. The molecule has 1 aliphatic heterocycles. The number of amides is 1. The van der Waals surface area contributed by atoms with E-state index in [1.54, 1.807) is 6.08 Å². The van der Waals surface area contributed by atoms with Gasteiger partial charge < -0.3 is 24.4 Å². The highest BCUT2D eigenvalue weighted by Gasteiger charge is 2.18. The molecule has 148 valence electrons. The summed E-state index contributed by atoms with van der Waals surface area (Å²) in [6.45, 7) is 7.49. The monoisotopic (exact) mass is 383 g/mol. The number of fused-ring (bicyclic) bond motifs is 1. The number of rotatable bonds is 9. The van der Waals surface area contributed by atoms with E-state index in [1.165, 1.54) is 0 Å². The van der Waals surface area contributed by atoms with Crippen molar-refractivity contribution in [2.24, 2.45) is 0 Å². The van der Waals surface area contributed by atoms with E-state index in [0.29, 0.717) is 13.2 Å². The molecule has 0 radical (unpaired) electrons. The third-order valence-electron chi connectivity index (χ3n) is 4.53. The lowest BCUT2D eigenvalue weighted by Gasteiger charge is -2.18. The summed E-state index contributed by atoms with van der Waals surface area (Å²) >= 11 is 0. The van der Waals surface area contributed by atoms with E-state index in [0.717, 1.165) is 39.8 Å². The van der Waals surface area contributed by atoms with Crippen LogP contribution in [0.15, 0.2) is 55.1 Å². The Labute approximate surface area is 165 Å². The molecule has 6 heteroatoms. The Kier molecular flexibility index (Phi) is 6.55. The second kappa shape index (κ2) is 9.28. The quantitative estimate of drug-likeness (QED) is 0.649. The molecule has 2 N–H and O–H groups in total. The van der Waals surface area contributed by atoms with Crippen molar-refractivity contribution in [3.05, 3.63) is 66.2 Å². The lowest BCUT2D eigenvalue weighted by atomic mass is 10.1. The number of hydrogen-bond donors (Lipinski definition) is 2. The van der Waals surface area contributed by atoms with Crippen LogP contribution >= 0.6 is 0 Å². The first-order valence-corrected chi connectivity index (χ1v) is 9.38. The number of hydrogen-bond acceptors (Lipinski definition) is 4. The molecule has 3 rings (SSSR count). The average molecular weight is 383 g/mol. The van der Waals surface area contributed by atoms with Gasteiger partial charge in [0.15, 0.2) is 18.0 Å². The summed E-state index contributed by atoms with van der Waals surface area (Å²) in [5.74, 6) is 2.29. The van der Waals surface area contributed by atoms with Crippen LogP contribution < -0.4 is 24.4 Å². The van der Waals surface area contributed by atoms with E-state index < -0.39 is 0 Å².